The zero-order valence-electron chi connectivity index (χ0n) is 14.3. The second-order valence-corrected chi connectivity index (χ2v) is 7.28. The Bertz CT molecular complexity index is 533. The van der Waals surface area contributed by atoms with E-state index in [1.807, 2.05) is 23.1 Å². The normalized spacial score (nSPS) is 27.7. The lowest BCUT2D eigenvalue weighted by Crippen LogP contribution is -2.52. The molecule has 24 heavy (non-hydrogen) atoms. The van der Waals surface area contributed by atoms with E-state index in [-0.39, 0.29) is 6.04 Å². The minimum Gasteiger partial charge on any atom is -0.381 e. The molecule has 0 N–H and O–H groups in total. The number of carbonyl (C=O) groups is 1. The van der Waals surface area contributed by atoms with Crippen molar-refractivity contribution in [1.82, 2.24) is 19.6 Å². The molecule has 0 bridgehead atoms. The van der Waals surface area contributed by atoms with Crippen LogP contribution in [0.1, 0.15) is 44.6 Å². The van der Waals surface area contributed by atoms with Gasteiger partial charge in [0.2, 0.25) is 5.91 Å². The molecule has 1 aromatic heterocycles. The van der Waals surface area contributed by atoms with Gasteiger partial charge in [0.25, 0.3) is 0 Å². The van der Waals surface area contributed by atoms with Crippen LogP contribution in [0.15, 0.2) is 18.5 Å². The molecular weight excluding hydrogens is 304 g/mol. The number of nitrogens with zero attached hydrogens (tertiary/aromatic N) is 4. The monoisotopic (exact) mass is 332 g/mol. The first-order valence-corrected chi connectivity index (χ1v) is 9.44. The molecule has 3 saturated heterocycles. The van der Waals surface area contributed by atoms with Crippen LogP contribution in [0, 0.1) is 0 Å². The first-order valence-electron chi connectivity index (χ1n) is 9.44. The summed E-state index contributed by atoms with van der Waals surface area (Å²) < 4.78 is 7.54. The third-order valence-corrected chi connectivity index (χ3v) is 5.91. The van der Waals surface area contributed by atoms with Gasteiger partial charge in [0.15, 0.2) is 0 Å². The molecule has 1 atom stereocenters. The first kappa shape index (κ1) is 16.1. The quantitative estimate of drug-likeness (QED) is 0.845. The van der Waals surface area contributed by atoms with Gasteiger partial charge in [-0.2, -0.15) is 5.10 Å². The summed E-state index contributed by atoms with van der Waals surface area (Å²) >= 11 is 0. The third-order valence-electron chi connectivity index (χ3n) is 5.91. The highest BCUT2D eigenvalue weighted by Crippen LogP contribution is 2.28. The van der Waals surface area contributed by atoms with Crippen LogP contribution in [0.2, 0.25) is 0 Å². The molecule has 4 rings (SSSR count). The van der Waals surface area contributed by atoms with Gasteiger partial charge < -0.3 is 9.64 Å². The van der Waals surface area contributed by atoms with E-state index >= 15 is 0 Å². The van der Waals surface area contributed by atoms with Crippen molar-refractivity contribution in [3.8, 4) is 0 Å². The van der Waals surface area contributed by atoms with E-state index in [2.05, 4.69) is 14.9 Å². The fourth-order valence-corrected chi connectivity index (χ4v) is 4.57. The van der Waals surface area contributed by atoms with Gasteiger partial charge in [-0.25, -0.2) is 0 Å². The number of aromatic nitrogens is 2. The van der Waals surface area contributed by atoms with Crippen LogP contribution in [-0.4, -0.2) is 70.4 Å². The number of carbonyl (C=O) groups excluding carboxylic acids is 1. The Hall–Kier alpha value is -1.40. The molecule has 6 nitrogen and oxygen atoms in total. The standard InChI is InChI=1S/C18H28N4O2/c23-18(17-3-1-9-21(17)15-6-13-24-14-7-15)20-11-4-16(5-12-20)22-10-2-8-19-22/h2,8,10,15-17H,1,3-7,9,11-14H2. The summed E-state index contributed by atoms with van der Waals surface area (Å²) in [6.07, 6.45) is 10.2. The number of amides is 1. The number of ether oxygens (including phenoxy) is 1. The van der Waals surface area contributed by atoms with Gasteiger partial charge in [0.05, 0.1) is 12.1 Å². The third kappa shape index (κ3) is 3.22. The van der Waals surface area contributed by atoms with E-state index in [0.717, 1.165) is 71.4 Å². The summed E-state index contributed by atoms with van der Waals surface area (Å²) in [6.45, 7) is 4.49. The predicted octanol–water partition coefficient (Wildman–Crippen LogP) is 1.69. The minimum atomic E-state index is 0.106. The van der Waals surface area contributed by atoms with Gasteiger partial charge >= 0.3 is 0 Å². The molecule has 4 heterocycles. The molecule has 3 fully saturated rings. The molecule has 3 aliphatic rings. The van der Waals surface area contributed by atoms with Crippen LogP contribution in [0.4, 0.5) is 0 Å². The molecule has 1 unspecified atom stereocenters. The number of hydrogen-bond donors (Lipinski definition) is 0. The summed E-state index contributed by atoms with van der Waals surface area (Å²) in [7, 11) is 0. The van der Waals surface area contributed by atoms with E-state index in [9.17, 15) is 4.79 Å². The zero-order valence-corrected chi connectivity index (χ0v) is 14.3. The number of piperidine rings is 1. The van der Waals surface area contributed by atoms with E-state index in [1.165, 1.54) is 0 Å². The summed E-state index contributed by atoms with van der Waals surface area (Å²) in [4.78, 5) is 17.7. The van der Waals surface area contributed by atoms with Crippen molar-refractivity contribution in [2.45, 2.75) is 56.7 Å². The molecule has 3 aliphatic heterocycles. The Morgan fingerprint density at radius 1 is 1.00 bits per heavy atom. The van der Waals surface area contributed by atoms with Gasteiger partial charge in [-0.05, 0) is 51.1 Å². The fourth-order valence-electron chi connectivity index (χ4n) is 4.57. The van der Waals surface area contributed by atoms with Crippen LogP contribution >= 0.6 is 0 Å². The predicted molar refractivity (Wildman–Crippen MR) is 90.6 cm³/mol. The van der Waals surface area contributed by atoms with Gasteiger partial charge in [-0.1, -0.05) is 0 Å². The van der Waals surface area contributed by atoms with Crippen molar-refractivity contribution in [2.24, 2.45) is 0 Å². The summed E-state index contributed by atoms with van der Waals surface area (Å²) in [6, 6.07) is 3.06. The average Bonchev–Trinajstić information content (AvgIpc) is 3.34. The molecule has 0 aromatic carbocycles. The molecule has 0 radical (unpaired) electrons. The molecule has 6 heteroatoms. The summed E-state index contributed by atoms with van der Waals surface area (Å²) in [5.41, 5.74) is 0. The van der Waals surface area contributed by atoms with Crippen LogP contribution in [-0.2, 0) is 9.53 Å². The molecule has 0 aliphatic carbocycles. The smallest absolute Gasteiger partial charge is 0.239 e. The highest BCUT2D eigenvalue weighted by atomic mass is 16.5. The van der Waals surface area contributed by atoms with Gasteiger partial charge in [0.1, 0.15) is 0 Å². The fraction of sp³-hybridized carbons (Fsp3) is 0.778. The maximum absolute atomic E-state index is 13.1. The Labute approximate surface area is 143 Å². The number of likely N-dealkylation sites (tertiary alicyclic amines) is 2. The van der Waals surface area contributed by atoms with Gasteiger partial charge in [-0.15, -0.1) is 0 Å². The van der Waals surface area contributed by atoms with Crippen molar-refractivity contribution in [3.63, 3.8) is 0 Å². The second-order valence-electron chi connectivity index (χ2n) is 7.28. The highest BCUT2D eigenvalue weighted by molar-refractivity contribution is 5.82. The van der Waals surface area contributed by atoms with Crippen molar-refractivity contribution in [3.05, 3.63) is 18.5 Å². The first-order chi connectivity index (χ1) is 11.8. The summed E-state index contributed by atoms with van der Waals surface area (Å²) in [5, 5.41) is 4.35. The van der Waals surface area contributed by atoms with E-state index in [1.54, 1.807) is 0 Å². The maximum Gasteiger partial charge on any atom is 0.239 e. The lowest BCUT2D eigenvalue weighted by Gasteiger charge is -2.39. The molecule has 132 valence electrons. The maximum atomic E-state index is 13.1. The molecule has 0 spiro atoms. The van der Waals surface area contributed by atoms with Gasteiger partial charge in [0, 0.05) is 44.7 Å². The topological polar surface area (TPSA) is 50.6 Å². The Morgan fingerprint density at radius 3 is 2.50 bits per heavy atom. The molecular formula is C18H28N4O2. The lowest BCUT2D eigenvalue weighted by molar-refractivity contribution is -0.138. The van der Waals surface area contributed by atoms with Crippen molar-refractivity contribution >= 4 is 5.91 Å². The average molecular weight is 332 g/mol. The Balaban J connectivity index is 1.35. The van der Waals surface area contributed by atoms with E-state index < -0.39 is 0 Å². The molecule has 1 amide bonds. The van der Waals surface area contributed by atoms with Crippen molar-refractivity contribution in [2.75, 3.05) is 32.8 Å². The van der Waals surface area contributed by atoms with Crippen LogP contribution < -0.4 is 0 Å². The van der Waals surface area contributed by atoms with Crippen molar-refractivity contribution < 1.29 is 9.53 Å². The molecule has 1 aromatic rings. The van der Waals surface area contributed by atoms with E-state index in [4.69, 9.17) is 4.74 Å². The Kier molecular flexibility index (Phi) is 4.85. The van der Waals surface area contributed by atoms with Crippen LogP contribution in [0.3, 0.4) is 0 Å². The van der Waals surface area contributed by atoms with Crippen LogP contribution in [0.25, 0.3) is 0 Å². The number of rotatable bonds is 3. The van der Waals surface area contributed by atoms with Crippen LogP contribution in [0.5, 0.6) is 0 Å². The zero-order chi connectivity index (χ0) is 16.4. The largest absolute Gasteiger partial charge is 0.381 e. The second kappa shape index (κ2) is 7.23. The minimum absolute atomic E-state index is 0.106. The van der Waals surface area contributed by atoms with Crippen molar-refractivity contribution in [1.29, 1.82) is 0 Å². The van der Waals surface area contributed by atoms with Gasteiger partial charge in [-0.3, -0.25) is 14.4 Å². The van der Waals surface area contributed by atoms with E-state index in [0.29, 0.717) is 18.0 Å². The lowest BCUT2D eigenvalue weighted by atomic mass is 10.0. The highest BCUT2D eigenvalue weighted by Gasteiger charge is 2.38. The Morgan fingerprint density at radius 2 is 1.79 bits per heavy atom. The summed E-state index contributed by atoms with van der Waals surface area (Å²) in [5.74, 6) is 0.359. The number of hydrogen-bond acceptors (Lipinski definition) is 4. The SMILES string of the molecule is O=C(C1CCCN1C1CCOCC1)N1CCC(n2cccn2)CC1. The molecule has 0 saturated carbocycles.